The maximum absolute atomic E-state index is 6.64. The molecule has 1 N–H and O–H groups in total. The van der Waals surface area contributed by atoms with E-state index in [1.807, 2.05) is 66.9 Å². The summed E-state index contributed by atoms with van der Waals surface area (Å²) >= 11 is 6.64. The number of nitrogens with zero attached hydrogens (tertiary/aromatic N) is 4. The summed E-state index contributed by atoms with van der Waals surface area (Å²) < 4.78 is 13.1. The second kappa shape index (κ2) is 7.84. The molecule has 7 nitrogen and oxygen atoms in total. The van der Waals surface area contributed by atoms with E-state index in [0.29, 0.717) is 28.4 Å². The Morgan fingerprint density at radius 3 is 2.37 bits per heavy atom. The van der Waals surface area contributed by atoms with E-state index in [1.54, 1.807) is 14.2 Å². The fourth-order valence-electron chi connectivity index (χ4n) is 3.54. The molecule has 0 aliphatic rings. The number of nitrogens with one attached hydrogen (secondary N) is 1. The first-order valence-corrected chi connectivity index (χ1v) is 9.78. The van der Waals surface area contributed by atoms with Gasteiger partial charge in [0.1, 0.15) is 5.69 Å². The number of ether oxygens (including phenoxy) is 2. The molecule has 4 rings (SSSR count). The van der Waals surface area contributed by atoms with Gasteiger partial charge in [0.05, 0.1) is 24.9 Å². The molecule has 0 fully saturated rings. The highest BCUT2D eigenvalue weighted by atomic mass is 35.5. The number of H-pyrrole nitrogens is 1. The van der Waals surface area contributed by atoms with Crippen LogP contribution < -0.4 is 18.9 Å². The molecule has 8 heteroatoms. The van der Waals surface area contributed by atoms with Gasteiger partial charge < -0.3 is 14.4 Å². The highest BCUT2D eigenvalue weighted by molar-refractivity contribution is 6.33. The Morgan fingerprint density at radius 2 is 1.73 bits per heavy atom. The number of benzene rings is 2. The van der Waals surface area contributed by atoms with E-state index in [4.69, 9.17) is 21.1 Å². The lowest BCUT2D eigenvalue weighted by molar-refractivity contribution is -0.597. The highest BCUT2D eigenvalue weighted by Gasteiger charge is 2.26. The van der Waals surface area contributed by atoms with E-state index in [0.717, 1.165) is 27.7 Å². The van der Waals surface area contributed by atoms with E-state index in [2.05, 4.69) is 21.2 Å². The molecule has 0 saturated heterocycles. The molecule has 2 aromatic heterocycles. The van der Waals surface area contributed by atoms with E-state index in [1.165, 1.54) is 0 Å². The highest BCUT2D eigenvalue weighted by Crippen LogP contribution is 2.38. The molecule has 30 heavy (non-hydrogen) atoms. The first-order valence-electron chi connectivity index (χ1n) is 9.41. The van der Waals surface area contributed by atoms with Crippen molar-refractivity contribution in [3.05, 3.63) is 53.2 Å². The number of rotatable bonds is 5. The van der Waals surface area contributed by atoms with E-state index >= 15 is 0 Å². The number of anilines is 1. The van der Waals surface area contributed by atoms with Crippen LogP contribution in [0.1, 0.15) is 5.69 Å². The van der Waals surface area contributed by atoms with Crippen LogP contribution in [0.5, 0.6) is 11.5 Å². The summed E-state index contributed by atoms with van der Waals surface area (Å²) in [7, 11) is 7.06. The summed E-state index contributed by atoms with van der Waals surface area (Å²) in [6.07, 6.45) is 0. The van der Waals surface area contributed by atoms with Crippen LogP contribution in [0.15, 0.2) is 42.5 Å². The lowest BCUT2D eigenvalue weighted by Gasteiger charge is -2.16. The maximum atomic E-state index is 6.64. The van der Waals surface area contributed by atoms with Gasteiger partial charge in [-0.1, -0.05) is 28.8 Å². The van der Waals surface area contributed by atoms with Gasteiger partial charge >= 0.3 is 11.9 Å². The summed E-state index contributed by atoms with van der Waals surface area (Å²) in [6, 6.07) is 13.8. The molecule has 0 radical (unpaired) electrons. The molecule has 0 saturated carbocycles. The van der Waals surface area contributed by atoms with Gasteiger partial charge in [-0.3, -0.25) is 0 Å². The van der Waals surface area contributed by atoms with Crippen LogP contribution in [0.25, 0.3) is 28.0 Å². The SMILES string of the molecule is COc1cc2cc(C)[n+](-c3nc(N(C)C)n[nH]3)c(-c3ccccc3Cl)c2cc1OC. The Labute approximate surface area is 179 Å². The van der Waals surface area contributed by atoms with Crippen LogP contribution in [0.2, 0.25) is 5.02 Å². The molecule has 0 amide bonds. The molecule has 154 valence electrons. The van der Waals surface area contributed by atoms with Crippen molar-refractivity contribution < 1.29 is 14.0 Å². The molecule has 0 bridgehead atoms. The third kappa shape index (κ3) is 3.31. The predicted octanol–water partition coefficient (Wildman–Crippen LogP) is 3.95. The lowest BCUT2D eigenvalue weighted by Crippen LogP contribution is -2.38. The van der Waals surface area contributed by atoms with E-state index < -0.39 is 0 Å². The fraction of sp³-hybridized carbons (Fsp3) is 0.227. The number of pyridine rings is 1. The monoisotopic (exact) mass is 424 g/mol. The second-order valence-electron chi connectivity index (χ2n) is 7.10. The zero-order valence-corrected chi connectivity index (χ0v) is 18.3. The van der Waals surface area contributed by atoms with Crippen molar-refractivity contribution in [2.24, 2.45) is 0 Å². The Balaban J connectivity index is 2.13. The number of aryl methyl sites for hydroxylation is 1. The quantitative estimate of drug-likeness (QED) is 0.491. The molecule has 0 aliphatic heterocycles. The maximum Gasteiger partial charge on any atom is 0.424 e. The Bertz CT molecular complexity index is 1240. The summed E-state index contributed by atoms with van der Waals surface area (Å²) in [4.78, 5) is 6.51. The zero-order chi connectivity index (χ0) is 21.4. The number of aromatic nitrogens is 4. The van der Waals surface area contributed by atoms with E-state index in [-0.39, 0.29) is 0 Å². The van der Waals surface area contributed by atoms with Crippen molar-refractivity contribution in [2.75, 3.05) is 33.2 Å². The zero-order valence-electron chi connectivity index (χ0n) is 17.5. The van der Waals surface area contributed by atoms with Crippen LogP contribution in [0.4, 0.5) is 5.95 Å². The number of hydrogen-bond donors (Lipinski definition) is 1. The molecule has 2 aromatic carbocycles. The normalized spacial score (nSPS) is 11.0. The van der Waals surface area contributed by atoms with Crippen LogP contribution in [0.3, 0.4) is 0 Å². The minimum Gasteiger partial charge on any atom is -0.493 e. The number of halogens is 1. The molecular weight excluding hydrogens is 402 g/mol. The second-order valence-corrected chi connectivity index (χ2v) is 7.50. The smallest absolute Gasteiger partial charge is 0.424 e. The Kier molecular flexibility index (Phi) is 5.22. The van der Waals surface area contributed by atoms with E-state index in [9.17, 15) is 0 Å². The van der Waals surface area contributed by atoms with Crippen molar-refractivity contribution in [3.63, 3.8) is 0 Å². The largest absolute Gasteiger partial charge is 0.493 e. The first kappa shape index (κ1) is 20.0. The molecule has 0 unspecified atom stereocenters. The van der Waals surface area contributed by atoms with Gasteiger partial charge in [0, 0.05) is 25.0 Å². The number of hydrogen-bond acceptors (Lipinski definition) is 5. The van der Waals surface area contributed by atoms with Crippen molar-refractivity contribution >= 4 is 28.3 Å². The minimum absolute atomic E-state index is 0.592. The predicted molar refractivity (Wildman–Crippen MR) is 118 cm³/mol. The minimum atomic E-state index is 0.592. The molecule has 0 spiro atoms. The van der Waals surface area contributed by atoms with Gasteiger partial charge in [0.15, 0.2) is 11.5 Å². The number of aromatic amines is 1. The van der Waals surface area contributed by atoms with Crippen molar-refractivity contribution in [2.45, 2.75) is 6.92 Å². The third-order valence-electron chi connectivity index (χ3n) is 4.95. The van der Waals surface area contributed by atoms with Crippen LogP contribution in [-0.4, -0.2) is 43.5 Å². The van der Waals surface area contributed by atoms with Crippen molar-refractivity contribution in [3.8, 4) is 28.7 Å². The summed E-state index contributed by atoms with van der Waals surface area (Å²) in [6.45, 7) is 2.02. The third-order valence-corrected chi connectivity index (χ3v) is 5.28. The summed E-state index contributed by atoms with van der Waals surface area (Å²) in [5, 5.41) is 9.97. The Morgan fingerprint density at radius 1 is 1.03 bits per heavy atom. The summed E-state index contributed by atoms with van der Waals surface area (Å²) in [5.74, 6) is 2.50. The van der Waals surface area contributed by atoms with Gasteiger partial charge in [0.2, 0.25) is 0 Å². The number of fused-ring (bicyclic) bond motifs is 1. The van der Waals surface area contributed by atoms with Crippen molar-refractivity contribution in [1.82, 2.24) is 15.2 Å². The molecule has 4 aromatic rings. The standard InChI is InChI=1S/C22H23ClN5O2/c1-13-10-14-11-18(29-4)19(30-5)12-16(14)20(15-8-6-7-9-17(15)23)28(13)22-24-21(25-26-22)27(2)3/h6-12H,1-5H3,(H,24,25,26)/q+1. The topological polar surface area (TPSA) is 67.2 Å². The average molecular weight is 425 g/mol. The molecule has 0 atom stereocenters. The fourth-order valence-corrected chi connectivity index (χ4v) is 3.77. The van der Waals surface area contributed by atoms with Crippen LogP contribution in [-0.2, 0) is 0 Å². The van der Waals surface area contributed by atoms with Gasteiger partial charge in [0.25, 0.3) is 0 Å². The lowest BCUT2D eigenvalue weighted by atomic mass is 10.0. The first-order chi connectivity index (χ1) is 14.4. The Hall–Kier alpha value is -3.32. The van der Waals surface area contributed by atoms with Crippen molar-refractivity contribution in [1.29, 1.82) is 0 Å². The number of methoxy groups -OCH3 is 2. The van der Waals surface area contributed by atoms with Crippen LogP contribution in [0, 0.1) is 6.92 Å². The van der Waals surface area contributed by atoms with Crippen LogP contribution >= 0.6 is 11.6 Å². The molecule has 0 aliphatic carbocycles. The average Bonchev–Trinajstić information content (AvgIpc) is 3.22. The molecular formula is C22H23ClN5O2+. The van der Waals surface area contributed by atoms with Gasteiger partial charge in [-0.25, -0.2) is 0 Å². The van der Waals surface area contributed by atoms with Gasteiger partial charge in [-0.15, -0.1) is 5.10 Å². The van der Waals surface area contributed by atoms with Gasteiger partial charge in [-0.2, -0.15) is 4.57 Å². The van der Waals surface area contributed by atoms with Gasteiger partial charge in [-0.05, 0) is 47.6 Å². The summed E-state index contributed by atoms with van der Waals surface area (Å²) in [5.41, 5.74) is 2.73. The molecule has 2 heterocycles.